The van der Waals surface area contributed by atoms with Crippen molar-refractivity contribution in [1.29, 1.82) is 0 Å². The van der Waals surface area contributed by atoms with Crippen molar-refractivity contribution in [3.8, 4) is 11.3 Å². The molecule has 3 rings (SSSR count). The molecule has 2 aromatic rings. The molecule has 1 fully saturated rings. The summed E-state index contributed by atoms with van der Waals surface area (Å²) in [4.78, 5) is 27.9. The number of nitrogens with one attached hydrogen (secondary N) is 1. The van der Waals surface area contributed by atoms with Crippen molar-refractivity contribution >= 4 is 11.9 Å². The second-order valence-corrected chi connectivity index (χ2v) is 5.96. The topological polar surface area (TPSA) is 79.3 Å². The summed E-state index contributed by atoms with van der Waals surface area (Å²) < 4.78 is 0. The van der Waals surface area contributed by atoms with Crippen molar-refractivity contribution in [3.63, 3.8) is 0 Å². The highest BCUT2D eigenvalue weighted by Gasteiger charge is 2.50. The van der Waals surface area contributed by atoms with Gasteiger partial charge in [0.05, 0.1) is 22.4 Å². The van der Waals surface area contributed by atoms with E-state index in [0.717, 1.165) is 11.3 Å². The van der Waals surface area contributed by atoms with E-state index >= 15 is 0 Å². The maximum absolute atomic E-state index is 12.3. The number of nitrogens with zero attached hydrogens (tertiary/aromatic N) is 1. The van der Waals surface area contributed by atoms with Gasteiger partial charge in [0.15, 0.2) is 0 Å². The number of carbonyl (C=O) groups is 2. The molecule has 0 atom stereocenters. The van der Waals surface area contributed by atoms with E-state index in [1.807, 2.05) is 30.3 Å². The summed E-state index contributed by atoms with van der Waals surface area (Å²) in [6.45, 7) is 1.95. The van der Waals surface area contributed by atoms with E-state index in [0.29, 0.717) is 24.1 Å². The number of rotatable bonds is 5. The second-order valence-electron chi connectivity index (χ2n) is 5.96. The van der Waals surface area contributed by atoms with Crippen molar-refractivity contribution in [2.24, 2.45) is 5.41 Å². The van der Waals surface area contributed by atoms with Crippen LogP contribution in [0.1, 0.15) is 28.9 Å². The number of aliphatic carboxylic acids is 1. The standard InChI is InChI=1S/C18H18N2O3/c1-12-14(16(21)19-11-18(9-10-18)17(22)23)7-8-15(20-12)13-5-3-2-4-6-13/h2-8H,9-11H2,1H3,(H,19,21)(H,22,23). The van der Waals surface area contributed by atoms with E-state index < -0.39 is 11.4 Å². The molecule has 0 radical (unpaired) electrons. The van der Waals surface area contributed by atoms with Gasteiger partial charge in [-0.15, -0.1) is 0 Å². The highest BCUT2D eigenvalue weighted by atomic mass is 16.4. The van der Waals surface area contributed by atoms with Crippen molar-refractivity contribution in [3.05, 3.63) is 53.7 Å². The molecular formula is C18H18N2O3. The lowest BCUT2D eigenvalue weighted by Crippen LogP contribution is -2.34. The van der Waals surface area contributed by atoms with Crippen LogP contribution in [0.15, 0.2) is 42.5 Å². The molecule has 0 unspecified atom stereocenters. The Morgan fingerprint density at radius 1 is 1.17 bits per heavy atom. The van der Waals surface area contributed by atoms with Gasteiger partial charge in [-0.1, -0.05) is 30.3 Å². The average molecular weight is 310 g/mol. The van der Waals surface area contributed by atoms with Gasteiger partial charge < -0.3 is 10.4 Å². The summed E-state index contributed by atoms with van der Waals surface area (Å²) >= 11 is 0. The Hall–Kier alpha value is -2.69. The fraction of sp³-hybridized carbons (Fsp3) is 0.278. The van der Waals surface area contributed by atoms with Crippen LogP contribution in [0.2, 0.25) is 0 Å². The molecule has 0 spiro atoms. The number of pyridine rings is 1. The smallest absolute Gasteiger partial charge is 0.311 e. The number of hydrogen-bond acceptors (Lipinski definition) is 3. The number of aromatic nitrogens is 1. The summed E-state index contributed by atoms with van der Waals surface area (Å²) in [6, 6.07) is 13.3. The van der Waals surface area contributed by atoms with E-state index in [1.165, 1.54) is 0 Å². The first-order valence-electron chi connectivity index (χ1n) is 7.56. The van der Waals surface area contributed by atoms with Crippen molar-refractivity contribution in [1.82, 2.24) is 10.3 Å². The van der Waals surface area contributed by atoms with Crippen LogP contribution < -0.4 is 5.32 Å². The molecule has 0 bridgehead atoms. The molecule has 1 aromatic carbocycles. The van der Waals surface area contributed by atoms with E-state index in [1.54, 1.807) is 19.1 Å². The summed E-state index contributed by atoms with van der Waals surface area (Å²) in [6.07, 6.45) is 1.24. The Bertz CT molecular complexity index is 752. The van der Waals surface area contributed by atoms with Gasteiger partial charge in [0.1, 0.15) is 0 Å². The zero-order chi connectivity index (χ0) is 16.4. The van der Waals surface area contributed by atoms with Crippen LogP contribution in [0, 0.1) is 12.3 Å². The van der Waals surface area contributed by atoms with Crippen molar-refractivity contribution in [2.75, 3.05) is 6.54 Å². The third-order valence-electron chi connectivity index (χ3n) is 4.29. The zero-order valence-electron chi connectivity index (χ0n) is 12.9. The molecule has 1 heterocycles. The number of carboxylic acid groups (broad SMARTS) is 1. The summed E-state index contributed by atoms with van der Waals surface area (Å²) in [5.41, 5.74) is 2.14. The molecule has 118 valence electrons. The lowest BCUT2D eigenvalue weighted by Gasteiger charge is -2.12. The SMILES string of the molecule is Cc1nc(-c2ccccc2)ccc1C(=O)NCC1(C(=O)O)CC1. The van der Waals surface area contributed by atoms with Gasteiger partial charge in [0, 0.05) is 12.1 Å². The molecular weight excluding hydrogens is 292 g/mol. The highest BCUT2D eigenvalue weighted by molar-refractivity contribution is 5.96. The first kappa shape index (κ1) is 15.2. The monoisotopic (exact) mass is 310 g/mol. The number of benzene rings is 1. The van der Waals surface area contributed by atoms with Crippen LogP contribution in [-0.4, -0.2) is 28.5 Å². The van der Waals surface area contributed by atoms with Crippen LogP contribution in [0.5, 0.6) is 0 Å². The molecule has 23 heavy (non-hydrogen) atoms. The number of carboxylic acids is 1. The van der Waals surface area contributed by atoms with Crippen molar-refractivity contribution in [2.45, 2.75) is 19.8 Å². The van der Waals surface area contributed by atoms with Crippen LogP contribution in [0.4, 0.5) is 0 Å². The van der Waals surface area contributed by atoms with E-state index in [4.69, 9.17) is 5.11 Å². The molecule has 1 aliphatic carbocycles. The maximum Gasteiger partial charge on any atom is 0.311 e. The normalized spacial score (nSPS) is 15.0. The summed E-state index contributed by atoms with van der Waals surface area (Å²) in [7, 11) is 0. The Morgan fingerprint density at radius 2 is 1.87 bits per heavy atom. The first-order chi connectivity index (χ1) is 11.0. The van der Waals surface area contributed by atoms with Crippen LogP contribution in [0.3, 0.4) is 0 Å². The molecule has 1 aliphatic rings. The third kappa shape index (κ3) is 3.08. The molecule has 1 amide bonds. The molecule has 5 heteroatoms. The van der Waals surface area contributed by atoms with Gasteiger partial charge in [-0.2, -0.15) is 0 Å². The van der Waals surface area contributed by atoms with Crippen molar-refractivity contribution < 1.29 is 14.7 Å². The Kier molecular flexibility index (Phi) is 3.86. The minimum absolute atomic E-state index is 0.168. The molecule has 1 saturated carbocycles. The third-order valence-corrected chi connectivity index (χ3v) is 4.29. The van der Waals surface area contributed by atoms with Crippen LogP contribution in [0.25, 0.3) is 11.3 Å². The summed E-state index contributed by atoms with van der Waals surface area (Å²) in [5, 5.41) is 11.9. The maximum atomic E-state index is 12.3. The highest BCUT2D eigenvalue weighted by Crippen LogP contribution is 2.45. The minimum atomic E-state index is -0.841. The van der Waals surface area contributed by atoms with Gasteiger partial charge in [-0.3, -0.25) is 14.6 Å². The van der Waals surface area contributed by atoms with E-state index in [-0.39, 0.29) is 12.5 Å². The lowest BCUT2D eigenvalue weighted by atomic mass is 10.1. The van der Waals surface area contributed by atoms with E-state index in [9.17, 15) is 9.59 Å². The fourth-order valence-corrected chi connectivity index (χ4v) is 2.53. The molecule has 0 saturated heterocycles. The van der Waals surface area contributed by atoms with Gasteiger partial charge in [0.25, 0.3) is 5.91 Å². The van der Waals surface area contributed by atoms with Gasteiger partial charge in [-0.05, 0) is 31.9 Å². The molecule has 5 nitrogen and oxygen atoms in total. The molecule has 0 aliphatic heterocycles. The predicted octanol–water partition coefficient (Wildman–Crippen LogP) is 2.65. The van der Waals surface area contributed by atoms with Gasteiger partial charge >= 0.3 is 5.97 Å². The molecule has 2 N–H and O–H groups in total. The quantitative estimate of drug-likeness (QED) is 0.890. The number of carbonyl (C=O) groups excluding carboxylic acids is 1. The van der Waals surface area contributed by atoms with E-state index in [2.05, 4.69) is 10.3 Å². The fourth-order valence-electron chi connectivity index (χ4n) is 2.53. The second kappa shape index (κ2) is 5.83. The molecule has 1 aromatic heterocycles. The van der Waals surface area contributed by atoms with Crippen LogP contribution >= 0.6 is 0 Å². The lowest BCUT2D eigenvalue weighted by molar-refractivity contribution is -0.143. The largest absolute Gasteiger partial charge is 0.481 e. The Balaban J connectivity index is 1.73. The predicted molar refractivity (Wildman–Crippen MR) is 86.0 cm³/mol. The number of amides is 1. The minimum Gasteiger partial charge on any atom is -0.481 e. The average Bonchev–Trinajstić information content (AvgIpc) is 3.35. The number of aryl methyl sites for hydroxylation is 1. The first-order valence-corrected chi connectivity index (χ1v) is 7.56. The summed E-state index contributed by atoms with van der Waals surface area (Å²) in [5.74, 6) is -1.12. The van der Waals surface area contributed by atoms with Gasteiger partial charge in [-0.25, -0.2) is 0 Å². The van der Waals surface area contributed by atoms with Crippen LogP contribution in [-0.2, 0) is 4.79 Å². The van der Waals surface area contributed by atoms with Gasteiger partial charge in [0.2, 0.25) is 0 Å². The number of hydrogen-bond donors (Lipinski definition) is 2. The zero-order valence-corrected chi connectivity index (χ0v) is 12.9. The Labute approximate surface area is 134 Å². The Morgan fingerprint density at radius 3 is 2.43 bits per heavy atom.